The van der Waals surface area contributed by atoms with Crippen molar-refractivity contribution in [1.82, 2.24) is 24.5 Å². The fraction of sp³-hybridized carbons (Fsp3) is 0.600. The van der Waals surface area contributed by atoms with Gasteiger partial charge in [0.25, 0.3) is 0 Å². The normalized spacial score (nSPS) is 22.2. The molecule has 2 fully saturated rings. The van der Waals surface area contributed by atoms with E-state index in [1.54, 1.807) is 12.1 Å². The molecule has 0 N–H and O–H groups in total. The van der Waals surface area contributed by atoms with Gasteiger partial charge in [0, 0.05) is 69.1 Å². The monoisotopic (exact) mass is 489 g/mol. The highest BCUT2D eigenvalue weighted by atomic mass is 35.5. The molecule has 34 heavy (non-hydrogen) atoms. The van der Waals surface area contributed by atoms with Crippen LogP contribution in [0.4, 0.5) is 0 Å². The second-order valence-corrected chi connectivity index (χ2v) is 9.88. The number of hydrogen-bond donors (Lipinski definition) is 0. The molecular weight excluding hydrogens is 454 g/mol. The molecular formula is C25H36ClN5O3. The Morgan fingerprint density at radius 1 is 1.18 bits per heavy atom. The van der Waals surface area contributed by atoms with Crippen molar-refractivity contribution in [2.24, 2.45) is 0 Å². The van der Waals surface area contributed by atoms with Crippen molar-refractivity contribution in [1.29, 1.82) is 0 Å². The van der Waals surface area contributed by atoms with Gasteiger partial charge in [-0.2, -0.15) is 5.10 Å². The van der Waals surface area contributed by atoms with Crippen LogP contribution < -0.4 is 4.74 Å². The minimum Gasteiger partial charge on any atom is -0.491 e. The number of carbonyl (C=O) groups excluding carboxylic acids is 1. The number of aryl methyl sites for hydroxylation is 2. The lowest BCUT2D eigenvalue weighted by Crippen LogP contribution is -2.58. The molecule has 1 aromatic carbocycles. The van der Waals surface area contributed by atoms with E-state index >= 15 is 0 Å². The molecule has 2 aliphatic rings. The van der Waals surface area contributed by atoms with Gasteiger partial charge in [0.2, 0.25) is 5.91 Å². The molecule has 0 bridgehead atoms. The average molecular weight is 490 g/mol. The molecule has 4 rings (SSSR count). The number of likely N-dealkylation sites (N-methyl/N-ethyl adjacent to an activating group) is 1. The van der Waals surface area contributed by atoms with E-state index in [9.17, 15) is 4.79 Å². The Kier molecular flexibility index (Phi) is 8.14. The molecule has 0 saturated carbocycles. The van der Waals surface area contributed by atoms with Gasteiger partial charge in [0.1, 0.15) is 18.0 Å². The third-order valence-corrected chi connectivity index (χ3v) is 6.99. The molecule has 0 aliphatic carbocycles. The lowest BCUT2D eigenvalue weighted by atomic mass is 9.96. The molecule has 0 spiro atoms. The van der Waals surface area contributed by atoms with Crippen molar-refractivity contribution in [3.05, 3.63) is 46.7 Å². The number of carbonyl (C=O) groups is 1. The Labute approximate surface area is 207 Å². The zero-order chi connectivity index (χ0) is 24.1. The van der Waals surface area contributed by atoms with E-state index in [1.165, 1.54) is 5.56 Å². The SMILES string of the molecule is CCn1cc(CN2CCOC(COc3ccc(Cl)cc3)(CC(=O)N3CCN(C)CC3)C2)c(C)n1. The third-order valence-electron chi connectivity index (χ3n) is 6.74. The van der Waals surface area contributed by atoms with E-state index in [0.717, 1.165) is 57.3 Å². The molecule has 8 nitrogen and oxygen atoms in total. The van der Waals surface area contributed by atoms with E-state index < -0.39 is 5.60 Å². The second kappa shape index (κ2) is 11.1. The number of nitrogens with zero attached hydrogens (tertiary/aromatic N) is 5. The van der Waals surface area contributed by atoms with Crippen LogP contribution in [0, 0.1) is 6.92 Å². The summed E-state index contributed by atoms with van der Waals surface area (Å²) in [5.41, 5.74) is 1.54. The van der Waals surface area contributed by atoms with Crippen molar-refractivity contribution in [3.63, 3.8) is 0 Å². The van der Waals surface area contributed by atoms with Gasteiger partial charge in [-0.3, -0.25) is 14.4 Å². The number of benzene rings is 1. The average Bonchev–Trinajstić information content (AvgIpc) is 3.18. The Morgan fingerprint density at radius 2 is 1.91 bits per heavy atom. The zero-order valence-corrected chi connectivity index (χ0v) is 21.3. The topological polar surface area (TPSA) is 63.1 Å². The highest BCUT2D eigenvalue weighted by Gasteiger charge is 2.41. The molecule has 1 atom stereocenters. The minimum atomic E-state index is -0.715. The zero-order valence-electron chi connectivity index (χ0n) is 20.5. The molecule has 9 heteroatoms. The van der Waals surface area contributed by atoms with Gasteiger partial charge in [-0.15, -0.1) is 0 Å². The summed E-state index contributed by atoms with van der Waals surface area (Å²) < 4.78 is 14.5. The summed E-state index contributed by atoms with van der Waals surface area (Å²) in [6, 6.07) is 7.31. The molecule has 1 aromatic heterocycles. The number of aromatic nitrogens is 2. The molecule has 1 amide bonds. The number of amides is 1. The van der Waals surface area contributed by atoms with Crippen LogP contribution in [0.25, 0.3) is 0 Å². The van der Waals surface area contributed by atoms with Crippen LogP contribution >= 0.6 is 11.6 Å². The van der Waals surface area contributed by atoms with Crippen LogP contribution in [0.2, 0.25) is 5.02 Å². The number of piperazine rings is 1. The van der Waals surface area contributed by atoms with Crippen LogP contribution in [0.3, 0.4) is 0 Å². The number of hydrogen-bond acceptors (Lipinski definition) is 6. The summed E-state index contributed by atoms with van der Waals surface area (Å²) in [5, 5.41) is 5.25. The third kappa shape index (κ3) is 6.30. The second-order valence-electron chi connectivity index (χ2n) is 9.44. The van der Waals surface area contributed by atoms with Crippen LogP contribution in [0.15, 0.2) is 30.5 Å². The van der Waals surface area contributed by atoms with E-state index in [-0.39, 0.29) is 5.91 Å². The first kappa shape index (κ1) is 25.0. The van der Waals surface area contributed by atoms with E-state index in [0.29, 0.717) is 31.2 Å². The van der Waals surface area contributed by atoms with Gasteiger partial charge in [0.15, 0.2) is 0 Å². The maximum atomic E-state index is 13.3. The van der Waals surface area contributed by atoms with Crippen molar-refractivity contribution in [2.45, 2.75) is 39.0 Å². The molecule has 1 unspecified atom stereocenters. The van der Waals surface area contributed by atoms with Gasteiger partial charge in [-0.1, -0.05) is 11.6 Å². The largest absolute Gasteiger partial charge is 0.491 e. The summed E-state index contributed by atoms with van der Waals surface area (Å²) in [4.78, 5) is 19.9. The standard InChI is InChI=1S/C25H36ClN5O3/c1-4-31-17-21(20(2)27-31)16-29-13-14-34-25(18-29,19-33-23-7-5-22(26)6-8-23)15-24(32)30-11-9-28(3)10-12-30/h5-8,17H,4,9-16,18-19H2,1-3H3. The predicted octanol–water partition coefficient (Wildman–Crippen LogP) is 2.68. The summed E-state index contributed by atoms with van der Waals surface area (Å²) in [5.74, 6) is 0.848. The summed E-state index contributed by atoms with van der Waals surface area (Å²) in [6.07, 6.45) is 2.42. The van der Waals surface area contributed by atoms with Crippen LogP contribution in [-0.2, 0) is 22.6 Å². The summed E-state index contributed by atoms with van der Waals surface area (Å²) in [7, 11) is 2.09. The minimum absolute atomic E-state index is 0.129. The van der Waals surface area contributed by atoms with E-state index in [4.69, 9.17) is 21.1 Å². The molecule has 2 aromatic rings. The first-order chi connectivity index (χ1) is 16.4. The Hall–Kier alpha value is -2.13. The van der Waals surface area contributed by atoms with Crippen LogP contribution in [0.1, 0.15) is 24.6 Å². The van der Waals surface area contributed by atoms with Crippen molar-refractivity contribution in [2.75, 3.05) is 59.5 Å². The number of ether oxygens (including phenoxy) is 2. The van der Waals surface area contributed by atoms with Gasteiger partial charge >= 0.3 is 0 Å². The number of morpholine rings is 1. The molecule has 2 saturated heterocycles. The van der Waals surface area contributed by atoms with E-state index in [2.05, 4.69) is 42.0 Å². The molecule has 0 radical (unpaired) electrons. The van der Waals surface area contributed by atoms with Crippen LogP contribution in [-0.4, -0.2) is 95.5 Å². The Morgan fingerprint density at radius 3 is 2.59 bits per heavy atom. The van der Waals surface area contributed by atoms with Gasteiger partial charge in [-0.25, -0.2) is 0 Å². The quantitative estimate of drug-likeness (QED) is 0.568. The summed E-state index contributed by atoms with van der Waals surface area (Å²) >= 11 is 6.03. The van der Waals surface area contributed by atoms with Gasteiger partial charge in [-0.05, 0) is 45.2 Å². The number of rotatable bonds is 8. The Bertz CT molecular complexity index is 958. The summed E-state index contributed by atoms with van der Waals surface area (Å²) in [6.45, 7) is 11.4. The van der Waals surface area contributed by atoms with E-state index in [1.807, 2.05) is 21.7 Å². The molecule has 2 aliphatic heterocycles. The maximum absolute atomic E-state index is 13.3. The Balaban J connectivity index is 1.48. The lowest BCUT2D eigenvalue weighted by Gasteiger charge is -2.43. The highest BCUT2D eigenvalue weighted by molar-refractivity contribution is 6.30. The van der Waals surface area contributed by atoms with Crippen LogP contribution in [0.5, 0.6) is 5.75 Å². The molecule has 186 valence electrons. The first-order valence-electron chi connectivity index (χ1n) is 12.1. The van der Waals surface area contributed by atoms with Gasteiger partial charge < -0.3 is 19.3 Å². The molecule has 3 heterocycles. The fourth-order valence-corrected chi connectivity index (χ4v) is 4.74. The lowest BCUT2D eigenvalue weighted by molar-refractivity contribution is -0.157. The maximum Gasteiger partial charge on any atom is 0.225 e. The van der Waals surface area contributed by atoms with Crippen molar-refractivity contribution < 1.29 is 14.3 Å². The highest BCUT2D eigenvalue weighted by Crippen LogP contribution is 2.27. The number of halogens is 1. The van der Waals surface area contributed by atoms with Crippen molar-refractivity contribution >= 4 is 17.5 Å². The smallest absolute Gasteiger partial charge is 0.225 e. The predicted molar refractivity (Wildman–Crippen MR) is 132 cm³/mol. The van der Waals surface area contributed by atoms with Crippen molar-refractivity contribution in [3.8, 4) is 5.75 Å². The van der Waals surface area contributed by atoms with Gasteiger partial charge in [0.05, 0.1) is 18.7 Å². The fourth-order valence-electron chi connectivity index (χ4n) is 4.61. The first-order valence-corrected chi connectivity index (χ1v) is 12.5.